The Morgan fingerprint density at radius 2 is 1.66 bits per heavy atom. The van der Waals surface area contributed by atoms with Crippen LogP contribution in [0.5, 0.6) is 5.75 Å². The summed E-state index contributed by atoms with van der Waals surface area (Å²) in [5.41, 5.74) is 1.05. The number of nitrogens with one attached hydrogen (secondary N) is 1. The number of aromatic hydroxyl groups is 1. The molecular formula is C19H33NO9. The molecule has 1 aromatic carbocycles. The maximum absolute atomic E-state index is 9.97. The molecule has 10 nitrogen and oxygen atoms in total. The first-order valence-electron chi connectivity index (χ1n) is 9.25. The van der Waals surface area contributed by atoms with Gasteiger partial charge in [0.05, 0.1) is 19.3 Å². The maximum Gasteiger partial charge on any atom is 0.184 e. The number of rotatable bonds is 5. The minimum absolute atomic E-state index is 0.0484. The van der Waals surface area contributed by atoms with Crippen molar-refractivity contribution < 1.29 is 45.6 Å². The molecule has 0 aromatic heterocycles. The fourth-order valence-electron chi connectivity index (χ4n) is 2.54. The molecule has 2 rings (SSSR count). The SMILES string of the molecule is CC(C)(C)NCC(O)c1ccc(O)c(CO)c1.OC[C@H]1O[C@@H](O)[C@H](O)[C@@H](O)[C@H]1O. The van der Waals surface area contributed by atoms with E-state index < -0.39 is 43.4 Å². The van der Waals surface area contributed by atoms with Crippen molar-refractivity contribution in [1.29, 1.82) is 0 Å². The standard InChI is InChI=1S/C13H21NO3.C6H12O6/c1-13(2,3)14-7-12(17)9-4-5-11(16)10(6-9)8-15;7-1-2-3(8)4(9)5(10)6(11)12-2/h4-6,12,14-17H,7-8H2,1-3H3;2-11H,1H2/t;2-,3+,4+,5-,6-/m.1/s1. The predicted octanol–water partition coefficient (Wildman–Crippen LogP) is -1.92. The molecule has 1 heterocycles. The molecule has 0 spiro atoms. The van der Waals surface area contributed by atoms with Gasteiger partial charge in [-0.05, 0) is 38.5 Å². The smallest absolute Gasteiger partial charge is 0.184 e. The quantitative estimate of drug-likeness (QED) is 0.261. The second kappa shape index (κ2) is 11.2. The number of aliphatic hydroxyl groups excluding tert-OH is 7. The van der Waals surface area contributed by atoms with E-state index in [1.807, 2.05) is 20.8 Å². The normalized spacial score (nSPS) is 28.4. The average Bonchev–Trinajstić information content (AvgIpc) is 2.67. The van der Waals surface area contributed by atoms with Crippen molar-refractivity contribution in [3.63, 3.8) is 0 Å². The van der Waals surface area contributed by atoms with E-state index in [1.54, 1.807) is 12.1 Å². The van der Waals surface area contributed by atoms with Crippen molar-refractivity contribution in [2.45, 2.75) is 69.7 Å². The monoisotopic (exact) mass is 419 g/mol. The molecule has 10 heteroatoms. The highest BCUT2D eigenvalue weighted by Crippen LogP contribution is 2.22. The Labute approximate surface area is 169 Å². The van der Waals surface area contributed by atoms with Crippen LogP contribution in [0.1, 0.15) is 38.0 Å². The van der Waals surface area contributed by atoms with E-state index in [2.05, 4.69) is 10.1 Å². The molecule has 0 aliphatic carbocycles. The summed E-state index contributed by atoms with van der Waals surface area (Å²) in [6, 6.07) is 4.76. The van der Waals surface area contributed by atoms with Crippen molar-refractivity contribution in [2.24, 2.45) is 0 Å². The summed E-state index contributed by atoms with van der Waals surface area (Å²) < 4.78 is 4.58. The molecule has 1 aromatic rings. The summed E-state index contributed by atoms with van der Waals surface area (Å²) in [6.07, 6.45) is -7.69. The Morgan fingerprint density at radius 3 is 2.17 bits per heavy atom. The predicted molar refractivity (Wildman–Crippen MR) is 103 cm³/mol. The highest BCUT2D eigenvalue weighted by Gasteiger charge is 2.42. The van der Waals surface area contributed by atoms with Crippen molar-refractivity contribution in [3.8, 4) is 5.75 Å². The lowest BCUT2D eigenvalue weighted by molar-refractivity contribution is -0.286. The van der Waals surface area contributed by atoms with Crippen molar-refractivity contribution in [3.05, 3.63) is 29.3 Å². The second-order valence-electron chi connectivity index (χ2n) is 7.91. The van der Waals surface area contributed by atoms with Crippen LogP contribution in [0.4, 0.5) is 0 Å². The molecule has 0 radical (unpaired) electrons. The van der Waals surface area contributed by atoms with Gasteiger partial charge in [0.25, 0.3) is 0 Å². The van der Waals surface area contributed by atoms with Crippen LogP contribution in [0.25, 0.3) is 0 Å². The molecule has 0 bridgehead atoms. The second-order valence-corrected chi connectivity index (χ2v) is 7.91. The highest BCUT2D eigenvalue weighted by atomic mass is 16.6. The van der Waals surface area contributed by atoms with Gasteiger partial charge in [-0.3, -0.25) is 0 Å². The lowest BCUT2D eigenvalue weighted by Gasteiger charge is -2.37. The van der Waals surface area contributed by atoms with E-state index in [0.717, 1.165) is 0 Å². The van der Waals surface area contributed by atoms with Crippen LogP contribution in [0.15, 0.2) is 18.2 Å². The number of β-amino-alcohol motifs (C(OH)–C–C–N with tert-alkyl or cyclic N) is 1. The van der Waals surface area contributed by atoms with Gasteiger partial charge in [0.15, 0.2) is 6.29 Å². The molecule has 168 valence electrons. The molecule has 1 unspecified atom stereocenters. The van der Waals surface area contributed by atoms with Gasteiger partial charge in [-0.15, -0.1) is 0 Å². The molecule has 9 N–H and O–H groups in total. The van der Waals surface area contributed by atoms with E-state index >= 15 is 0 Å². The first-order chi connectivity index (χ1) is 13.4. The molecule has 1 aliphatic heterocycles. The zero-order chi connectivity index (χ0) is 22.4. The molecule has 0 amide bonds. The van der Waals surface area contributed by atoms with Gasteiger partial charge in [0, 0.05) is 17.6 Å². The third kappa shape index (κ3) is 7.78. The van der Waals surface area contributed by atoms with E-state index in [-0.39, 0.29) is 17.9 Å². The fourth-order valence-corrected chi connectivity index (χ4v) is 2.54. The van der Waals surface area contributed by atoms with E-state index in [0.29, 0.717) is 17.7 Å². The average molecular weight is 419 g/mol. The zero-order valence-corrected chi connectivity index (χ0v) is 16.8. The molecule has 1 fully saturated rings. The molecule has 1 saturated heterocycles. The summed E-state index contributed by atoms with van der Waals surface area (Å²) in [6.45, 7) is 5.74. The van der Waals surface area contributed by atoms with Gasteiger partial charge in [0.1, 0.15) is 30.2 Å². The van der Waals surface area contributed by atoms with Crippen LogP contribution in [0.2, 0.25) is 0 Å². The lowest BCUT2D eigenvalue weighted by atomic mass is 10.00. The topological polar surface area (TPSA) is 183 Å². The number of benzene rings is 1. The lowest BCUT2D eigenvalue weighted by Crippen LogP contribution is -2.58. The van der Waals surface area contributed by atoms with Gasteiger partial charge < -0.3 is 50.9 Å². The fraction of sp³-hybridized carbons (Fsp3) is 0.684. The third-order valence-corrected chi connectivity index (χ3v) is 4.35. The molecule has 0 saturated carbocycles. The number of hydrogen-bond donors (Lipinski definition) is 9. The summed E-state index contributed by atoms with van der Waals surface area (Å²) in [7, 11) is 0. The molecule has 1 aliphatic rings. The van der Waals surface area contributed by atoms with Gasteiger partial charge in [0.2, 0.25) is 0 Å². The summed E-state index contributed by atoms with van der Waals surface area (Å²) in [5, 5.41) is 76.3. The van der Waals surface area contributed by atoms with Crippen LogP contribution in [-0.4, -0.2) is 90.2 Å². The minimum Gasteiger partial charge on any atom is -0.508 e. The van der Waals surface area contributed by atoms with Gasteiger partial charge in [-0.1, -0.05) is 6.07 Å². The van der Waals surface area contributed by atoms with Crippen molar-refractivity contribution >= 4 is 0 Å². The van der Waals surface area contributed by atoms with Gasteiger partial charge in [-0.2, -0.15) is 0 Å². The summed E-state index contributed by atoms with van der Waals surface area (Å²) in [5.74, 6) is 0.0484. The third-order valence-electron chi connectivity index (χ3n) is 4.35. The highest BCUT2D eigenvalue weighted by molar-refractivity contribution is 5.36. The van der Waals surface area contributed by atoms with Gasteiger partial charge >= 0.3 is 0 Å². The number of aliphatic hydroxyl groups is 7. The Hall–Kier alpha value is -1.34. The summed E-state index contributed by atoms with van der Waals surface area (Å²) >= 11 is 0. The number of phenols is 1. The molecular weight excluding hydrogens is 386 g/mol. The van der Waals surface area contributed by atoms with Crippen LogP contribution in [-0.2, 0) is 11.3 Å². The Bertz CT molecular complexity index is 617. The van der Waals surface area contributed by atoms with Crippen LogP contribution < -0.4 is 5.32 Å². The number of hydrogen-bond acceptors (Lipinski definition) is 10. The van der Waals surface area contributed by atoms with E-state index in [4.69, 9.17) is 30.6 Å². The van der Waals surface area contributed by atoms with Crippen molar-refractivity contribution in [2.75, 3.05) is 13.2 Å². The largest absolute Gasteiger partial charge is 0.508 e. The Morgan fingerprint density at radius 1 is 1.03 bits per heavy atom. The van der Waals surface area contributed by atoms with Gasteiger partial charge in [-0.25, -0.2) is 0 Å². The van der Waals surface area contributed by atoms with E-state index in [9.17, 15) is 10.2 Å². The van der Waals surface area contributed by atoms with Crippen LogP contribution in [0.3, 0.4) is 0 Å². The molecule has 29 heavy (non-hydrogen) atoms. The van der Waals surface area contributed by atoms with Crippen molar-refractivity contribution in [1.82, 2.24) is 5.32 Å². The summed E-state index contributed by atoms with van der Waals surface area (Å²) in [4.78, 5) is 0. The molecule has 6 atom stereocenters. The first kappa shape index (κ1) is 25.7. The minimum atomic E-state index is -1.57. The van der Waals surface area contributed by atoms with E-state index in [1.165, 1.54) is 6.07 Å². The van der Waals surface area contributed by atoms with Crippen LogP contribution in [0, 0.1) is 0 Å². The zero-order valence-electron chi connectivity index (χ0n) is 16.8. The number of ether oxygens (including phenoxy) is 1. The van der Waals surface area contributed by atoms with Crippen LogP contribution >= 0.6 is 0 Å². The Balaban J connectivity index is 0.000000308. The maximum atomic E-state index is 9.97. The first-order valence-corrected chi connectivity index (χ1v) is 9.25. The Kier molecular flexibility index (Phi) is 9.89.